The average molecular weight is 374 g/mol. The Balaban J connectivity index is 1.85. The van der Waals surface area contributed by atoms with E-state index in [2.05, 4.69) is 79.0 Å². The zero-order chi connectivity index (χ0) is 19.6. The molecule has 5 nitrogen and oxygen atoms in total. The summed E-state index contributed by atoms with van der Waals surface area (Å²) in [6.45, 7) is 18.6. The molecule has 1 aliphatic heterocycles. The van der Waals surface area contributed by atoms with Crippen LogP contribution in [0.3, 0.4) is 0 Å². The van der Waals surface area contributed by atoms with Gasteiger partial charge in [0, 0.05) is 59.4 Å². The van der Waals surface area contributed by atoms with Crippen LogP contribution in [0, 0.1) is 12.8 Å². The highest BCUT2D eigenvalue weighted by molar-refractivity contribution is 5.79. The van der Waals surface area contributed by atoms with Crippen molar-refractivity contribution in [3.8, 4) is 0 Å². The number of guanidine groups is 1. The number of likely N-dealkylation sites (N-methyl/N-ethyl adjacent to an activating group) is 1. The highest BCUT2D eigenvalue weighted by Gasteiger charge is 2.17. The molecule has 1 aromatic carbocycles. The number of piperazine rings is 1. The third-order valence-corrected chi connectivity index (χ3v) is 5.27. The Bertz CT molecular complexity index is 561. The van der Waals surface area contributed by atoms with Crippen molar-refractivity contribution in [3.63, 3.8) is 0 Å². The Labute approximate surface area is 166 Å². The minimum absolute atomic E-state index is 0.569. The number of nitrogens with one attached hydrogen (secondary N) is 1. The van der Waals surface area contributed by atoms with Crippen LogP contribution in [0.25, 0.3) is 0 Å². The zero-order valence-corrected chi connectivity index (χ0v) is 18.0. The fourth-order valence-corrected chi connectivity index (χ4v) is 3.54. The van der Waals surface area contributed by atoms with Crippen molar-refractivity contribution in [3.05, 3.63) is 35.4 Å². The maximum atomic E-state index is 4.92. The number of aryl methyl sites for hydroxylation is 1. The summed E-state index contributed by atoms with van der Waals surface area (Å²) in [5.74, 6) is 1.57. The predicted octanol–water partition coefficient (Wildman–Crippen LogP) is 2.67. The number of nitrogens with zero attached hydrogens (tertiary/aromatic N) is 4. The van der Waals surface area contributed by atoms with Gasteiger partial charge < -0.3 is 20.0 Å². The number of benzene rings is 1. The lowest BCUT2D eigenvalue weighted by molar-refractivity contribution is 0.125. The van der Waals surface area contributed by atoms with Crippen LogP contribution in [0.1, 0.15) is 31.9 Å². The number of rotatable bonds is 8. The van der Waals surface area contributed by atoms with E-state index < -0.39 is 0 Å². The first-order chi connectivity index (χ1) is 13.0. The van der Waals surface area contributed by atoms with E-state index in [1.54, 1.807) is 0 Å². The van der Waals surface area contributed by atoms with Gasteiger partial charge >= 0.3 is 0 Å². The van der Waals surface area contributed by atoms with Crippen molar-refractivity contribution in [1.82, 2.24) is 20.0 Å². The molecule has 1 heterocycles. The lowest BCUT2D eigenvalue weighted by Crippen LogP contribution is -2.47. The molecular weight excluding hydrogens is 334 g/mol. The van der Waals surface area contributed by atoms with Gasteiger partial charge in [-0.1, -0.05) is 43.7 Å². The number of aliphatic imine (C=N–C) groups is 1. The van der Waals surface area contributed by atoms with Crippen molar-refractivity contribution < 1.29 is 0 Å². The lowest BCUT2D eigenvalue weighted by Gasteiger charge is -2.35. The van der Waals surface area contributed by atoms with Gasteiger partial charge in [0.15, 0.2) is 5.96 Å². The van der Waals surface area contributed by atoms with Gasteiger partial charge in [-0.15, -0.1) is 0 Å². The monoisotopic (exact) mass is 373 g/mol. The normalized spacial score (nSPS) is 17.7. The van der Waals surface area contributed by atoms with Gasteiger partial charge in [0.1, 0.15) is 0 Å². The van der Waals surface area contributed by atoms with E-state index in [4.69, 9.17) is 4.99 Å². The van der Waals surface area contributed by atoms with Crippen molar-refractivity contribution in [2.24, 2.45) is 10.9 Å². The second-order valence-corrected chi connectivity index (χ2v) is 7.88. The molecule has 0 saturated carbocycles. The summed E-state index contributed by atoms with van der Waals surface area (Å²) >= 11 is 0. The van der Waals surface area contributed by atoms with Crippen molar-refractivity contribution in [2.45, 2.75) is 34.2 Å². The first-order valence-corrected chi connectivity index (χ1v) is 10.5. The molecule has 1 atom stereocenters. The van der Waals surface area contributed by atoms with E-state index in [0.29, 0.717) is 5.92 Å². The molecule has 1 unspecified atom stereocenters. The van der Waals surface area contributed by atoms with E-state index in [9.17, 15) is 0 Å². The van der Waals surface area contributed by atoms with Crippen LogP contribution in [0.2, 0.25) is 0 Å². The molecule has 0 radical (unpaired) electrons. The number of hydrogen-bond acceptors (Lipinski definition) is 3. The van der Waals surface area contributed by atoms with Crippen LogP contribution >= 0.6 is 0 Å². The summed E-state index contributed by atoms with van der Waals surface area (Å²) in [6, 6.07) is 8.75. The summed E-state index contributed by atoms with van der Waals surface area (Å²) in [7, 11) is 2.12. The first kappa shape index (κ1) is 21.7. The van der Waals surface area contributed by atoms with Gasteiger partial charge in [-0.3, -0.25) is 4.99 Å². The van der Waals surface area contributed by atoms with Crippen LogP contribution in [-0.4, -0.2) is 80.1 Å². The largest absolute Gasteiger partial charge is 0.357 e. The minimum atomic E-state index is 0.569. The van der Waals surface area contributed by atoms with Crippen molar-refractivity contribution >= 4 is 5.96 Å². The fraction of sp³-hybridized carbons (Fsp3) is 0.682. The summed E-state index contributed by atoms with van der Waals surface area (Å²) < 4.78 is 0. The Morgan fingerprint density at radius 3 is 2.33 bits per heavy atom. The van der Waals surface area contributed by atoms with E-state index >= 15 is 0 Å². The standard InChI is InChI=1S/C22H39N5/c1-6-23-22(25(5)18-21-10-8-19(3)9-11-21)24-16-20(4)17-27-14-12-26(7-2)13-15-27/h8-11,20H,6-7,12-18H2,1-5H3,(H,23,24). The Morgan fingerprint density at radius 1 is 1.11 bits per heavy atom. The average Bonchev–Trinajstić information content (AvgIpc) is 2.67. The third kappa shape index (κ3) is 7.51. The molecule has 1 aliphatic rings. The van der Waals surface area contributed by atoms with Gasteiger partial charge in [-0.05, 0) is 31.9 Å². The summed E-state index contributed by atoms with van der Waals surface area (Å²) in [5, 5.41) is 3.44. The van der Waals surface area contributed by atoms with E-state index in [-0.39, 0.29) is 0 Å². The fourth-order valence-electron chi connectivity index (χ4n) is 3.54. The maximum Gasteiger partial charge on any atom is 0.193 e. The first-order valence-electron chi connectivity index (χ1n) is 10.5. The minimum Gasteiger partial charge on any atom is -0.357 e. The van der Waals surface area contributed by atoms with Crippen LogP contribution in [0.5, 0.6) is 0 Å². The van der Waals surface area contributed by atoms with E-state index in [0.717, 1.165) is 32.1 Å². The maximum absolute atomic E-state index is 4.92. The summed E-state index contributed by atoms with van der Waals surface area (Å²) in [6.07, 6.45) is 0. The van der Waals surface area contributed by atoms with Crippen LogP contribution < -0.4 is 5.32 Å². The van der Waals surface area contributed by atoms with Crippen LogP contribution in [0.4, 0.5) is 0 Å². The van der Waals surface area contributed by atoms with Gasteiger partial charge in [-0.25, -0.2) is 0 Å². The highest BCUT2D eigenvalue weighted by Crippen LogP contribution is 2.08. The molecular formula is C22H39N5. The van der Waals surface area contributed by atoms with E-state index in [1.807, 2.05) is 0 Å². The molecule has 1 aromatic rings. The smallest absolute Gasteiger partial charge is 0.193 e. The van der Waals surface area contributed by atoms with Gasteiger partial charge in [0.05, 0.1) is 0 Å². The molecule has 0 spiro atoms. The quantitative estimate of drug-likeness (QED) is 0.561. The van der Waals surface area contributed by atoms with Crippen molar-refractivity contribution in [1.29, 1.82) is 0 Å². The van der Waals surface area contributed by atoms with Gasteiger partial charge in [0.2, 0.25) is 0 Å². The topological polar surface area (TPSA) is 34.1 Å². The molecule has 2 rings (SSSR count). The molecule has 1 saturated heterocycles. The predicted molar refractivity (Wildman–Crippen MR) is 116 cm³/mol. The Morgan fingerprint density at radius 2 is 1.74 bits per heavy atom. The molecule has 0 aromatic heterocycles. The Kier molecular flexibility index (Phi) is 9.08. The van der Waals surface area contributed by atoms with Crippen LogP contribution in [-0.2, 0) is 6.54 Å². The molecule has 0 amide bonds. The lowest BCUT2D eigenvalue weighted by atomic mass is 10.1. The van der Waals surface area contributed by atoms with Gasteiger partial charge in [-0.2, -0.15) is 0 Å². The summed E-state index contributed by atoms with van der Waals surface area (Å²) in [4.78, 5) is 12.3. The summed E-state index contributed by atoms with van der Waals surface area (Å²) in [5.41, 5.74) is 2.62. The number of hydrogen-bond donors (Lipinski definition) is 1. The molecule has 1 N–H and O–H groups in total. The molecule has 5 heteroatoms. The zero-order valence-electron chi connectivity index (χ0n) is 18.0. The highest BCUT2D eigenvalue weighted by atomic mass is 15.3. The van der Waals surface area contributed by atoms with Crippen LogP contribution in [0.15, 0.2) is 29.3 Å². The van der Waals surface area contributed by atoms with E-state index in [1.165, 1.54) is 43.9 Å². The van der Waals surface area contributed by atoms with Crippen molar-refractivity contribution in [2.75, 3.05) is 59.4 Å². The Hall–Kier alpha value is -1.59. The SMILES string of the molecule is CCNC(=NCC(C)CN1CCN(CC)CC1)N(C)Cc1ccc(C)cc1. The second-order valence-electron chi connectivity index (χ2n) is 7.88. The molecule has 0 bridgehead atoms. The molecule has 27 heavy (non-hydrogen) atoms. The third-order valence-electron chi connectivity index (χ3n) is 5.27. The second kappa shape index (κ2) is 11.3. The molecule has 1 fully saturated rings. The molecule has 0 aliphatic carbocycles. The van der Waals surface area contributed by atoms with Gasteiger partial charge in [0.25, 0.3) is 0 Å². The molecule has 152 valence electrons.